The van der Waals surface area contributed by atoms with E-state index in [9.17, 15) is 4.79 Å². The molecule has 2 aromatic rings. The van der Waals surface area contributed by atoms with Gasteiger partial charge in [0.2, 0.25) is 0 Å². The number of ether oxygens (including phenoxy) is 1. The molecule has 0 aliphatic carbocycles. The largest absolute Gasteiger partial charge is 0.486 e. The van der Waals surface area contributed by atoms with Crippen molar-refractivity contribution in [3.05, 3.63) is 58.1 Å². The number of nitrogen functional groups attached to an aromatic ring is 1. The standard InChI is InChI=1S/C15H14BrNO2/c1-10(18)13-7-12(16)8-14(17)15(13)19-9-11-5-3-2-4-6-11/h2-8H,9,17H2,1H3. The van der Waals surface area contributed by atoms with Gasteiger partial charge in [-0.05, 0) is 24.6 Å². The van der Waals surface area contributed by atoms with Crippen LogP contribution >= 0.6 is 15.9 Å². The Morgan fingerprint density at radius 3 is 2.58 bits per heavy atom. The highest BCUT2D eigenvalue weighted by Crippen LogP contribution is 2.31. The second-order valence-electron chi connectivity index (χ2n) is 4.20. The molecule has 2 aromatic carbocycles. The minimum absolute atomic E-state index is 0.0731. The first-order valence-electron chi connectivity index (χ1n) is 5.84. The second kappa shape index (κ2) is 5.89. The van der Waals surface area contributed by atoms with Gasteiger partial charge >= 0.3 is 0 Å². The number of rotatable bonds is 4. The predicted octanol–water partition coefficient (Wildman–Crippen LogP) is 3.81. The van der Waals surface area contributed by atoms with Crippen LogP contribution in [-0.2, 0) is 6.61 Å². The summed E-state index contributed by atoms with van der Waals surface area (Å²) >= 11 is 3.32. The number of Topliss-reactive ketones (excluding diaryl/α,β-unsaturated/α-hetero) is 1. The van der Waals surface area contributed by atoms with Crippen molar-refractivity contribution in [2.24, 2.45) is 0 Å². The van der Waals surface area contributed by atoms with Gasteiger partial charge < -0.3 is 10.5 Å². The molecule has 0 fully saturated rings. The van der Waals surface area contributed by atoms with Gasteiger partial charge in [0.25, 0.3) is 0 Å². The van der Waals surface area contributed by atoms with E-state index >= 15 is 0 Å². The van der Waals surface area contributed by atoms with Crippen LogP contribution in [0.1, 0.15) is 22.8 Å². The van der Waals surface area contributed by atoms with E-state index in [1.54, 1.807) is 12.1 Å². The molecular weight excluding hydrogens is 306 g/mol. The van der Waals surface area contributed by atoms with Crippen molar-refractivity contribution >= 4 is 27.4 Å². The Morgan fingerprint density at radius 2 is 1.95 bits per heavy atom. The maximum absolute atomic E-state index is 11.6. The SMILES string of the molecule is CC(=O)c1cc(Br)cc(N)c1OCc1ccccc1. The molecule has 2 N–H and O–H groups in total. The van der Waals surface area contributed by atoms with E-state index in [4.69, 9.17) is 10.5 Å². The summed E-state index contributed by atoms with van der Waals surface area (Å²) in [7, 11) is 0. The van der Waals surface area contributed by atoms with Crippen LogP contribution in [0.15, 0.2) is 46.9 Å². The summed E-state index contributed by atoms with van der Waals surface area (Å²) in [6.45, 7) is 1.88. The quantitative estimate of drug-likeness (QED) is 0.688. The highest BCUT2D eigenvalue weighted by Gasteiger charge is 2.13. The molecule has 19 heavy (non-hydrogen) atoms. The molecule has 2 rings (SSSR count). The van der Waals surface area contributed by atoms with Crippen LogP contribution in [-0.4, -0.2) is 5.78 Å². The Bertz CT molecular complexity index is 597. The molecule has 0 unspecified atom stereocenters. The maximum atomic E-state index is 11.6. The first-order chi connectivity index (χ1) is 9.08. The lowest BCUT2D eigenvalue weighted by Crippen LogP contribution is -2.05. The van der Waals surface area contributed by atoms with Gasteiger partial charge in [-0.25, -0.2) is 0 Å². The monoisotopic (exact) mass is 319 g/mol. The maximum Gasteiger partial charge on any atom is 0.163 e. The minimum atomic E-state index is -0.0731. The molecule has 0 saturated carbocycles. The number of carbonyl (C=O) groups is 1. The van der Waals surface area contributed by atoms with E-state index < -0.39 is 0 Å². The molecule has 0 bridgehead atoms. The van der Waals surface area contributed by atoms with Crippen molar-refractivity contribution in [2.75, 3.05) is 5.73 Å². The number of ketones is 1. The van der Waals surface area contributed by atoms with E-state index in [0.717, 1.165) is 10.0 Å². The lowest BCUT2D eigenvalue weighted by atomic mass is 10.1. The predicted molar refractivity (Wildman–Crippen MR) is 79.3 cm³/mol. The fourth-order valence-corrected chi connectivity index (χ4v) is 2.24. The topological polar surface area (TPSA) is 52.3 Å². The third-order valence-electron chi connectivity index (χ3n) is 2.69. The van der Waals surface area contributed by atoms with E-state index in [1.807, 2.05) is 30.3 Å². The van der Waals surface area contributed by atoms with Gasteiger partial charge in [0.15, 0.2) is 11.5 Å². The number of anilines is 1. The molecule has 4 heteroatoms. The lowest BCUT2D eigenvalue weighted by molar-refractivity contribution is 0.101. The molecule has 3 nitrogen and oxygen atoms in total. The van der Waals surface area contributed by atoms with Gasteiger partial charge in [-0.1, -0.05) is 46.3 Å². The van der Waals surface area contributed by atoms with E-state index in [0.29, 0.717) is 23.6 Å². The highest BCUT2D eigenvalue weighted by molar-refractivity contribution is 9.10. The molecule has 0 aliphatic rings. The zero-order valence-electron chi connectivity index (χ0n) is 10.5. The highest BCUT2D eigenvalue weighted by atomic mass is 79.9. The van der Waals surface area contributed by atoms with E-state index in [2.05, 4.69) is 15.9 Å². The molecule has 0 heterocycles. The summed E-state index contributed by atoms with van der Waals surface area (Å²) in [6.07, 6.45) is 0. The summed E-state index contributed by atoms with van der Waals surface area (Å²) in [5.74, 6) is 0.371. The van der Waals surface area contributed by atoms with Crippen molar-refractivity contribution < 1.29 is 9.53 Å². The number of hydrogen-bond acceptors (Lipinski definition) is 3. The van der Waals surface area contributed by atoms with Gasteiger partial charge in [-0.2, -0.15) is 0 Å². The number of hydrogen-bond donors (Lipinski definition) is 1. The molecule has 0 saturated heterocycles. The Balaban J connectivity index is 2.27. The van der Waals surface area contributed by atoms with Crippen LogP contribution in [0.5, 0.6) is 5.75 Å². The number of carbonyl (C=O) groups excluding carboxylic acids is 1. The Kier molecular flexibility index (Phi) is 4.22. The number of nitrogens with two attached hydrogens (primary N) is 1. The zero-order chi connectivity index (χ0) is 13.8. The van der Waals surface area contributed by atoms with Gasteiger partial charge in [0.05, 0.1) is 11.3 Å². The van der Waals surface area contributed by atoms with Crippen molar-refractivity contribution in [3.63, 3.8) is 0 Å². The van der Waals surface area contributed by atoms with Crippen molar-refractivity contribution in [3.8, 4) is 5.75 Å². The molecule has 0 spiro atoms. The fourth-order valence-electron chi connectivity index (χ4n) is 1.77. The summed E-state index contributed by atoms with van der Waals surface area (Å²) in [5, 5.41) is 0. The van der Waals surface area contributed by atoms with E-state index in [1.165, 1.54) is 6.92 Å². The summed E-state index contributed by atoms with van der Waals surface area (Å²) in [5.41, 5.74) is 7.89. The normalized spacial score (nSPS) is 10.2. The second-order valence-corrected chi connectivity index (χ2v) is 5.12. The van der Waals surface area contributed by atoms with Crippen LogP contribution in [0.3, 0.4) is 0 Å². The number of halogens is 1. The van der Waals surface area contributed by atoms with Crippen molar-refractivity contribution in [1.29, 1.82) is 0 Å². The molecular formula is C15H14BrNO2. The van der Waals surface area contributed by atoms with E-state index in [-0.39, 0.29) is 5.78 Å². The summed E-state index contributed by atoms with van der Waals surface area (Å²) in [6, 6.07) is 13.2. The molecule has 0 radical (unpaired) electrons. The van der Waals surface area contributed by atoms with Crippen LogP contribution in [0.2, 0.25) is 0 Å². The first-order valence-corrected chi connectivity index (χ1v) is 6.64. The third-order valence-corrected chi connectivity index (χ3v) is 3.15. The molecule has 0 atom stereocenters. The van der Waals surface area contributed by atoms with Crippen LogP contribution < -0.4 is 10.5 Å². The van der Waals surface area contributed by atoms with Gasteiger partial charge in [0.1, 0.15) is 6.61 Å². The van der Waals surface area contributed by atoms with Crippen molar-refractivity contribution in [2.45, 2.75) is 13.5 Å². The summed E-state index contributed by atoms with van der Waals surface area (Å²) in [4.78, 5) is 11.6. The third kappa shape index (κ3) is 3.35. The van der Waals surface area contributed by atoms with Crippen LogP contribution in [0.25, 0.3) is 0 Å². The fraction of sp³-hybridized carbons (Fsp3) is 0.133. The first kappa shape index (κ1) is 13.6. The van der Waals surface area contributed by atoms with Crippen LogP contribution in [0, 0.1) is 0 Å². The Labute approximate surface area is 120 Å². The number of benzene rings is 2. The van der Waals surface area contributed by atoms with Gasteiger partial charge in [-0.3, -0.25) is 4.79 Å². The van der Waals surface area contributed by atoms with Crippen molar-refractivity contribution in [1.82, 2.24) is 0 Å². The van der Waals surface area contributed by atoms with Crippen LogP contribution in [0.4, 0.5) is 5.69 Å². The minimum Gasteiger partial charge on any atom is -0.486 e. The summed E-state index contributed by atoms with van der Waals surface area (Å²) < 4.78 is 6.47. The Hall–Kier alpha value is -1.81. The van der Waals surface area contributed by atoms with Gasteiger partial charge in [-0.15, -0.1) is 0 Å². The zero-order valence-corrected chi connectivity index (χ0v) is 12.1. The molecule has 0 aliphatic heterocycles. The average molecular weight is 320 g/mol. The molecule has 98 valence electrons. The van der Waals surface area contributed by atoms with Gasteiger partial charge in [0, 0.05) is 4.47 Å². The Morgan fingerprint density at radius 1 is 1.26 bits per heavy atom. The average Bonchev–Trinajstić information content (AvgIpc) is 2.38. The molecule has 0 aromatic heterocycles. The molecule has 0 amide bonds. The lowest BCUT2D eigenvalue weighted by Gasteiger charge is -2.13. The smallest absolute Gasteiger partial charge is 0.163 e.